The fourth-order valence-corrected chi connectivity index (χ4v) is 8.74. The molecule has 0 bridgehead atoms. The molecule has 0 aromatic heterocycles. The molecule has 71 heavy (non-hydrogen) atoms. The molecular formula is C55H71N7O9. The molecule has 16 nitrogen and oxygen atoms in total. The Kier molecular flexibility index (Phi) is 20.7. The highest BCUT2D eigenvalue weighted by Gasteiger charge is 2.34. The number of Topliss-reactive ketones (excluding diaryl/α,β-unsaturated/α-hetero) is 1. The van der Waals surface area contributed by atoms with Gasteiger partial charge in [-0.15, -0.1) is 0 Å². The van der Waals surface area contributed by atoms with Crippen LogP contribution in [0, 0.1) is 11.8 Å². The smallest absolute Gasteiger partial charge is 0.245 e. The lowest BCUT2D eigenvalue weighted by molar-refractivity contribution is -0.142. The van der Waals surface area contributed by atoms with Crippen molar-refractivity contribution >= 4 is 41.2 Å². The second-order valence-corrected chi connectivity index (χ2v) is 18.9. The van der Waals surface area contributed by atoms with Crippen LogP contribution in [0.3, 0.4) is 0 Å². The SMILES string of the molecule is CC(=O)[C@H](CC1CCCCC1)NC(=O)[C@H](CCN)NC(=O)[C@@H](C)NC(=O)[C@H](C)N(C)C(=O)[C@H](Cc1ccc(O)cc1)NC(=O)[C@H](Cc1ccc(-c2ccccc2)cc1)NC(=O)[C@@H](C)Cc1ccc(O)cc1. The largest absolute Gasteiger partial charge is 0.508 e. The minimum absolute atomic E-state index is 0.00592. The molecule has 16 heteroatoms. The number of nitrogens with two attached hydrogens (primary N) is 1. The van der Waals surface area contributed by atoms with Gasteiger partial charge in [0.1, 0.15) is 41.7 Å². The third kappa shape index (κ3) is 16.8. The van der Waals surface area contributed by atoms with Crippen LogP contribution in [-0.2, 0) is 52.8 Å². The van der Waals surface area contributed by atoms with Crippen molar-refractivity contribution in [3.63, 3.8) is 0 Å². The van der Waals surface area contributed by atoms with Crippen molar-refractivity contribution in [3.05, 3.63) is 120 Å². The summed E-state index contributed by atoms with van der Waals surface area (Å²) < 4.78 is 0. The van der Waals surface area contributed by atoms with Gasteiger partial charge in [0.15, 0.2) is 5.78 Å². The number of carbonyl (C=O) groups is 7. The van der Waals surface area contributed by atoms with Crippen molar-refractivity contribution in [2.75, 3.05) is 13.6 Å². The fourth-order valence-electron chi connectivity index (χ4n) is 8.74. The molecule has 1 aliphatic rings. The number of phenols is 2. The predicted molar refractivity (Wildman–Crippen MR) is 271 cm³/mol. The minimum atomic E-state index is -1.27. The summed E-state index contributed by atoms with van der Waals surface area (Å²) >= 11 is 0. The molecule has 1 aliphatic carbocycles. The molecule has 9 N–H and O–H groups in total. The molecule has 4 aromatic rings. The molecule has 0 unspecified atom stereocenters. The molecule has 1 fully saturated rings. The number of nitrogens with one attached hydrogen (secondary N) is 5. The number of hydrogen-bond donors (Lipinski definition) is 8. The van der Waals surface area contributed by atoms with E-state index in [1.54, 1.807) is 31.2 Å². The number of phenolic OH excluding ortho intramolecular Hbond substituents is 2. The first-order valence-corrected chi connectivity index (χ1v) is 24.6. The number of carbonyl (C=O) groups excluding carboxylic acids is 7. The van der Waals surface area contributed by atoms with Crippen LogP contribution >= 0.6 is 0 Å². The van der Waals surface area contributed by atoms with E-state index in [0.717, 1.165) is 59.3 Å². The first-order chi connectivity index (χ1) is 33.9. The number of amides is 6. The third-order valence-corrected chi connectivity index (χ3v) is 13.3. The summed E-state index contributed by atoms with van der Waals surface area (Å²) in [6, 6.07) is 23.5. The second-order valence-electron chi connectivity index (χ2n) is 18.9. The lowest BCUT2D eigenvalue weighted by Crippen LogP contribution is -2.59. The van der Waals surface area contributed by atoms with Gasteiger partial charge in [-0.3, -0.25) is 33.6 Å². The molecule has 380 valence electrons. The lowest BCUT2D eigenvalue weighted by atomic mass is 9.84. The quantitative estimate of drug-likeness (QED) is 0.0484. The van der Waals surface area contributed by atoms with E-state index < -0.39 is 77.6 Å². The fraction of sp³-hybridized carbons (Fsp3) is 0.436. The number of benzene rings is 4. The van der Waals surface area contributed by atoms with Gasteiger partial charge in [0.05, 0.1) is 6.04 Å². The molecule has 4 aromatic carbocycles. The van der Waals surface area contributed by atoms with Gasteiger partial charge in [-0.05, 0) is 105 Å². The van der Waals surface area contributed by atoms with E-state index in [0.29, 0.717) is 24.3 Å². The van der Waals surface area contributed by atoms with Gasteiger partial charge in [0.25, 0.3) is 0 Å². The van der Waals surface area contributed by atoms with E-state index in [9.17, 15) is 43.8 Å². The first kappa shape index (κ1) is 54.9. The topological polar surface area (TPSA) is 249 Å². The average molecular weight is 974 g/mol. The third-order valence-electron chi connectivity index (χ3n) is 13.3. The van der Waals surface area contributed by atoms with Gasteiger partial charge in [0.2, 0.25) is 35.4 Å². The van der Waals surface area contributed by atoms with Gasteiger partial charge in [-0.1, -0.05) is 118 Å². The Morgan fingerprint density at radius 3 is 1.61 bits per heavy atom. The van der Waals surface area contributed by atoms with Gasteiger partial charge in [-0.25, -0.2) is 0 Å². The molecule has 0 aliphatic heterocycles. The van der Waals surface area contributed by atoms with Crippen molar-refractivity contribution in [2.24, 2.45) is 17.6 Å². The van der Waals surface area contributed by atoms with Crippen molar-refractivity contribution in [3.8, 4) is 22.6 Å². The van der Waals surface area contributed by atoms with Crippen LogP contribution in [0.4, 0.5) is 0 Å². The number of hydrogen-bond acceptors (Lipinski definition) is 10. The maximum atomic E-state index is 14.5. The first-order valence-electron chi connectivity index (χ1n) is 24.6. The van der Waals surface area contributed by atoms with Gasteiger partial charge in [-0.2, -0.15) is 0 Å². The van der Waals surface area contributed by atoms with Crippen LogP contribution in [0.15, 0.2) is 103 Å². The number of nitrogens with zero attached hydrogens (tertiary/aromatic N) is 1. The van der Waals surface area contributed by atoms with Gasteiger partial charge >= 0.3 is 0 Å². The Bertz CT molecular complexity index is 2410. The number of rotatable bonds is 24. The standard InChI is InChI=1S/C55H71N7O9/c1-34(30-39-18-24-44(64)25-19-39)50(66)60-48(32-40-16-22-43(23-17-40)42-14-10-7-11-15-42)54(70)61-49(33-41-20-26-45(65)27-21-41)55(71)62(5)36(3)52(68)57-35(2)51(67)58-46(28-29-56)53(69)59-47(37(4)63)31-38-12-8-6-9-13-38/h7,10-11,14-27,34-36,38,46-49,64-65H,6,8-9,12-13,28-33,56H2,1-5H3,(H,57,68)(H,58,67)(H,59,69)(H,60,66)(H,61,70)/t34-,35+,36-,46-,47-,48-,49-/m0/s1. The average Bonchev–Trinajstić information content (AvgIpc) is 3.36. The summed E-state index contributed by atoms with van der Waals surface area (Å²) in [6.45, 7) is 6.13. The Morgan fingerprint density at radius 2 is 1.04 bits per heavy atom. The van der Waals surface area contributed by atoms with E-state index >= 15 is 0 Å². The van der Waals surface area contributed by atoms with E-state index in [2.05, 4.69) is 26.6 Å². The Balaban J connectivity index is 1.30. The monoisotopic (exact) mass is 974 g/mol. The highest BCUT2D eigenvalue weighted by Crippen LogP contribution is 2.28. The number of likely N-dealkylation sites (N-methyl/N-ethyl adjacent to an activating group) is 1. The Labute approximate surface area is 416 Å². The molecule has 6 amide bonds. The molecule has 0 radical (unpaired) electrons. The van der Waals surface area contributed by atoms with Crippen LogP contribution in [0.25, 0.3) is 11.1 Å². The summed E-state index contributed by atoms with van der Waals surface area (Å²) in [7, 11) is 1.40. The molecule has 0 heterocycles. The van der Waals surface area contributed by atoms with Gasteiger partial charge < -0.3 is 47.4 Å². The maximum Gasteiger partial charge on any atom is 0.245 e. The van der Waals surface area contributed by atoms with Crippen molar-refractivity contribution in [1.29, 1.82) is 0 Å². The van der Waals surface area contributed by atoms with Crippen molar-refractivity contribution in [2.45, 2.75) is 128 Å². The van der Waals surface area contributed by atoms with Crippen molar-refractivity contribution < 1.29 is 43.8 Å². The Morgan fingerprint density at radius 1 is 0.563 bits per heavy atom. The maximum absolute atomic E-state index is 14.5. The summed E-state index contributed by atoms with van der Waals surface area (Å²) in [6.07, 6.45) is 6.23. The molecule has 0 spiro atoms. The zero-order chi connectivity index (χ0) is 51.6. The molecule has 0 saturated heterocycles. The summed E-state index contributed by atoms with van der Waals surface area (Å²) in [5.74, 6) is -4.01. The molecule has 5 rings (SSSR count). The van der Waals surface area contributed by atoms with Crippen LogP contribution in [0.1, 0.15) is 89.3 Å². The van der Waals surface area contributed by atoms with Crippen LogP contribution in [0.2, 0.25) is 0 Å². The lowest BCUT2D eigenvalue weighted by Gasteiger charge is -2.31. The molecule has 1 saturated carbocycles. The van der Waals surface area contributed by atoms with Gasteiger partial charge in [0, 0.05) is 25.8 Å². The zero-order valence-corrected chi connectivity index (χ0v) is 41.5. The minimum Gasteiger partial charge on any atom is -0.508 e. The van der Waals surface area contributed by atoms with E-state index in [4.69, 9.17) is 5.73 Å². The normalized spacial score (nSPS) is 15.6. The second kappa shape index (κ2) is 26.8. The predicted octanol–water partition coefficient (Wildman–Crippen LogP) is 4.63. The molecule has 7 atom stereocenters. The van der Waals surface area contributed by atoms with E-state index in [1.807, 2.05) is 54.6 Å². The van der Waals surface area contributed by atoms with Crippen LogP contribution < -0.4 is 32.3 Å². The summed E-state index contributed by atoms with van der Waals surface area (Å²) in [5.41, 5.74) is 9.91. The van der Waals surface area contributed by atoms with E-state index in [-0.39, 0.29) is 43.1 Å². The summed E-state index contributed by atoms with van der Waals surface area (Å²) in [5, 5.41) is 33.7. The summed E-state index contributed by atoms with van der Waals surface area (Å²) in [4.78, 5) is 97.2. The van der Waals surface area contributed by atoms with Crippen LogP contribution in [-0.4, -0.2) is 106 Å². The van der Waals surface area contributed by atoms with E-state index in [1.165, 1.54) is 52.1 Å². The highest BCUT2D eigenvalue weighted by atomic mass is 16.3. The number of aromatic hydroxyl groups is 2. The number of ketones is 1. The highest BCUT2D eigenvalue weighted by molar-refractivity contribution is 5.97. The van der Waals surface area contributed by atoms with Crippen LogP contribution in [0.5, 0.6) is 11.5 Å². The molecular weight excluding hydrogens is 903 g/mol. The zero-order valence-electron chi connectivity index (χ0n) is 41.5. The van der Waals surface area contributed by atoms with Crippen molar-refractivity contribution in [1.82, 2.24) is 31.5 Å². The Hall–Kier alpha value is -7.07.